The predicted molar refractivity (Wildman–Crippen MR) is 152 cm³/mol. The molecule has 36 heavy (non-hydrogen) atoms. The van der Waals surface area contributed by atoms with Crippen LogP contribution >= 0.6 is 11.6 Å². The normalized spacial score (nSPS) is 14.6. The predicted octanol–water partition coefficient (Wildman–Crippen LogP) is 6.43. The van der Waals surface area contributed by atoms with Crippen LogP contribution in [0.2, 0.25) is 5.02 Å². The molecule has 1 aliphatic rings. The fourth-order valence-corrected chi connectivity index (χ4v) is 5.54. The monoisotopic (exact) mass is 495 g/mol. The molecule has 3 nitrogen and oxygen atoms in total. The van der Waals surface area contributed by atoms with Crippen LogP contribution in [0.3, 0.4) is 0 Å². The van der Waals surface area contributed by atoms with Crippen molar-refractivity contribution in [3.05, 3.63) is 137 Å². The minimum absolute atomic E-state index is 0.394. The van der Waals surface area contributed by atoms with Crippen molar-refractivity contribution in [1.82, 2.24) is 10.2 Å². The smallest absolute Gasteiger partial charge is 0.0947 e. The van der Waals surface area contributed by atoms with Gasteiger partial charge >= 0.3 is 0 Å². The Kier molecular flexibility index (Phi) is 8.02. The van der Waals surface area contributed by atoms with Crippen LogP contribution in [0.15, 0.2) is 115 Å². The Hall–Kier alpha value is -3.11. The number of hydrogen-bond acceptors (Lipinski definition) is 3. The van der Waals surface area contributed by atoms with E-state index in [4.69, 9.17) is 11.6 Å². The molecule has 0 bridgehead atoms. The van der Waals surface area contributed by atoms with Gasteiger partial charge in [-0.15, -0.1) is 0 Å². The van der Waals surface area contributed by atoms with Crippen molar-refractivity contribution in [2.75, 3.05) is 44.2 Å². The van der Waals surface area contributed by atoms with E-state index in [1.165, 1.54) is 22.4 Å². The first kappa shape index (κ1) is 24.6. The summed E-state index contributed by atoms with van der Waals surface area (Å²) in [7, 11) is 0. The van der Waals surface area contributed by atoms with Crippen LogP contribution in [0.1, 0.15) is 23.1 Å². The zero-order valence-corrected chi connectivity index (χ0v) is 21.4. The lowest BCUT2D eigenvalue weighted by Gasteiger charge is -2.38. The van der Waals surface area contributed by atoms with Gasteiger partial charge in [0.05, 0.1) is 5.54 Å². The highest BCUT2D eigenvalue weighted by Crippen LogP contribution is 2.36. The zero-order chi connectivity index (χ0) is 24.6. The summed E-state index contributed by atoms with van der Waals surface area (Å²) in [4.78, 5) is 5.02. The number of hydrogen-bond donors (Lipinski definition) is 1. The van der Waals surface area contributed by atoms with E-state index in [0.29, 0.717) is 0 Å². The minimum atomic E-state index is -0.394. The maximum Gasteiger partial charge on any atom is 0.0947 e. The van der Waals surface area contributed by atoms with E-state index in [1.54, 1.807) is 0 Å². The average molecular weight is 496 g/mol. The third kappa shape index (κ3) is 5.49. The van der Waals surface area contributed by atoms with Gasteiger partial charge in [-0.05, 0) is 54.4 Å². The number of piperazine rings is 1. The van der Waals surface area contributed by atoms with Crippen LogP contribution in [0.4, 0.5) is 5.69 Å². The summed E-state index contributed by atoms with van der Waals surface area (Å²) >= 11 is 6.20. The molecule has 0 saturated carbocycles. The van der Waals surface area contributed by atoms with Crippen LogP contribution in [0.25, 0.3) is 0 Å². The molecule has 4 aromatic carbocycles. The number of rotatable bonds is 9. The summed E-state index contributed by atoms with van der Waals surface area (Å²) in [6, 6.07) is 40.7. The van der Waals surface area contributed by atoms with Crippen molar-refractivity contribution < 1.29 is 0 Å². The van der Waals surface area contributed by atoms with Crippen molar-refractivity contribution in [2.24, 2.45) is 0 Å². The molecular formula is C32H34ClN3. The molecule has 0 atom stereocenters. The number of nitrogens with one attached hydrogen (secondary N) is 1. The maximum atomic E-state index is 6.20. The first-order valence-electron chi connectivity index (χ1n) is 12.9. The summed E-state index contributed by atoms with van der Waals surface area (Å²) in [5.74, 6) is 0. The second-order valence-electron chi connectivity index (χ2n) is 9.44. The fraction of sp³-hybridized carbons (Fsp3) is 0.250. The Morgan fingerprint density at radius 3 is 1.67 bits per heavy atom. The molecule has 1 fully saturated rings. The lowest BCUT2D eigenvalue weighted by Crippen LogP contribution is -2.48. The van der Waals surface area contributed by atoms with Crippen LogP contribution in [-0.4, -0.2) is 44.2 Å². The summed E-state index contributed by atoms with van der Waals surface area (Å²) in [6.07, 6.45) is 1.09. The first-order valence-corrected chi connectivity index (χ1v) is 13.3. The molecule has 1 N–H and O–H groups in total. The minimum Gasteiger partial charge on any atom is -0.369 e. The molecule has 0 spiro atoms. The van der Waals surface area contributed by atoms with E-state index in [0.717, 1.165) is 50.7 Å². The van der Waals surface area contributed by atoms with Gasteiger partial charge in [-0.25, -0.2) is 0 Å². The maximum absolute atomic E-state index is 6.20. The number of nitrogens with zero attached hydrogens (tertiary/aromatic N) is 2. The highest BCUT2D eigenvalue weighted by Gasteiger charge is 2.35. The van der Waals surface area contributed by atoms with Gasteiger partial charge in [0.1, 0.15) is 0 Å². The molecule has 1 saturated heterocycles. The third-order valence-corrected chi connectivity index (χ3v) is 7.44. The standard InChI is InChI=1S/C32H34ClN3/c33-30-18-10-19-31(26-30)36-24-22-35(23-25-36)21-11-20-34-32(27-12-4-1-5-13-27,28-14-6-2-7-15-28)29-16-8-3-9-17-29/h1-10,12-19,26,34H,11,20-25H2. The number of halogens is 1. The van der Waals surface area contributed by atoms with Crippen molar-refractivity contribution in [1.29, 1.82) is 0 Å². The number of benzene rings is 4. The average Bonchev–Trinajstić information content (AvgIpc) is 2.95. The van der Waals surface area contributed by atoms with Gasteiger partial charge in [0.15, 0.2) is 0 Å². The largest absolute Gasteiger partial charge is 0.369 e. The van der Waals surface area contributed by atoms with E-state index < -0.39 is 5.54 Å². The zero-order valence-electron chi connectivity index (χ0n) is 20.7. The highest BCUT2D eigenvalue weighted by atomic mass is 35.5. The van der Waals surface area contributed by atoms with E-state index in [1.807, 2.05) is 12.1 Å². The molecule has 0 unspecified atom stereocenters. The number of anilines is 1. The third-order valence-electron chi connectivity index (χ3n) is 7.21. The fourth-order valence-electron chi connectivity index (χ4n) is 5.35. The summed E-state index contributed by atoms with van der Waals surface area (Å²) in [5.41, 5.74) is 4.62. The van der Waals surface area contributed by atoms with Crippen molar-refractivity contribution in [2.45, 2.75) is 12.0 Å². The topological polar surface area (TPSA) is 18.5 Å². The SMILES string of the molecule is Clc1cccc(N2CCN(CCCNC(c3ccccc3)(c3ccccc3)c3ccccc3)CC2)c1. The second-order valence-corrected chi connectivity index (χ2v) is 9.87. The van der Waals surface area contributed by atoms with E-state index in [-0.39, 0.29) is 0 Å². The van der Waals surface area contributed by atoms with E-state index in [9.17, 15) is 0 Å². The van der Waals surface area contributed by atoms with Gasteiger partial charge in [0.25, 0.3) is 0 Å². The molecule has 1 heterocycles. The van der Waals surface area contributed by atoms with Crippen LogP contribution in [0.5, 0.6) is 0 Å². The Morgan fingerprint density at radius 2 is 1.17 bits per heavy atom. The molecule has 0 radical (unpaired) electrons. The lowest BCUT2D eigenvalue weighted by atomic mass is 9.77. The van der Waals surface area contributed by atoms with Crippen LogP contribution < -0.4 is 10.2 Å². The van der Waals surface area contributed by atoms with Crippen LogP contribution in [-0.2, 0) is 5.54 Å². The molecule has 5 rings (SSSR count). The van der Waals surface area contributed by atoms with Gasteiger partial charge in [0, 0.05) is 36.9 Å². The van der Waals surface area contributed by atoms with Crippen molar-refractivity contribution >= 4 is 17.3 Å². The molecule has 1 aliphatic heterocycles. The van der Waals surface area contributed by atoms with Crippen molar-refractivity contribution in [3.63, 3.8) is 0 Å². The molecular weight excluding hydrogens is 462 g/mol. The summed E-state index contributed by atoms with van der Waals surface area (Å²) in [6.45, 7) is 6.24. The van der Waals surface area contributed by atoms with Crippen LogP contribution in [0, 0.1) is 0 Å². The summed E-state index contributed by atoms with van der Waals surface area (Å²) in [5, 5.41) is 4.82. The Labute approximate surface area is 220 Å². The highest BCUT2D eigenvalue weighted by molar-refractivity contribution is 6.30. The summed E-state index contributed by atoms with van der Waals surface area (Å²) < 4.78 is 0. The Balaban J connectivity index is 1.27. The quantitative estimate of drug-likeness (QED) is 0.213. The lowest BCUT2D eigenvalue weighted by molar-refractivity contribution is 0.251. The molecule has 0 aromatic heterocycles. The van der Waals surface area contributed by atoms with Gasteiger partial charge < -0.3 is 4.90 Å². The molecule has 184 valence electrons. The Morgan fingerprint density at radius 1 is 0.639 bits per heavy atom. The molecule has 0 amide bonds. The second kappa shape index (κ2) is 11.7. The van der Waals surface area contributed by atoms with Gasteiger partial charge in [-0.2, -0.15) is 0 Å². The molecule has 4 aromatic rings. The van der Waals surface area contributed by atoms with Gasteiger partial charge in [0.2, 0.25) is 0 Å². The first-order chi connectivity index (χ1) is 17.8. The van der Waals surface area contributed by atoms with E-state index >= 15 is 0 Å². The van der Waals surface area contributed by atoms with E-state index in [2.05, 4.69) is 118 Å². The Bertz CT molecular complexity index is 1110. The molecule has 0 aliphatic carbocycles. The van der Waals surface area contributed by atoms with Gasteiger partial charge in [-0.1, -0.05) is 109 Å². The van der Waals surface area contributed by atoms with Gasteiger partial charge in [-0.3, -0.25) is 10.2 Å². The van der Waals surface area contributed by atoms with Crippen molar-refractivity contribution in [3.8, 4) is 0 Å². The molecule has 4 heteroatoms.